The lowest BCUT2D eigenvalue weighted by atomic mass is 10.0. The molecule has 1 aliphatic carbocycles. The molecule has 1 amide bonds. The van der Waals surface area contributed by atoms with Gasteiger partial charge in [0.15, 0.2) is 0 Å². The highest BCUT2D eigenvalue weighted by Crippen LogP contribution is 2.30. The number of likely N-dealkylation sites (N-methyl/N-ethyl adjacent to an activating group) is 1. The quantitative estimate of drug-likeness (QED) is 0.497. The molecule has 1 aliphatic rings. The molecule has 0 saturated heterocycles. The molecule has 0 aromatic heterocycles. The van der Waals surface area contributed by atoms with E-state index in [4.69, 9.17) is 5.73 Å². The molecule has 114 valence electrons. The highest BCUT2D eigenvalue weighted by molar-refractivity contribution is 5.99. The average molecular weight is 293 g/mol. The van der Waals surface area contributed by atoms with Gasteiger partial charge in [-0.2, -0.15) is 0 Å². The first-order valence-corrected chi connectivity index (χ1v) is 6.84. The number of rotatable bonds is 4. The predicted molar refractivity (Wildman–Crippen MR) is 77.9 cm³/mol. The number of nitrogen functional groups attached to an aromatic ring is 1. The van der Waals surface area contributed by atoms with Crippen LogP contribution in [0.3, 0.4) is 0 Å². The molecule has 0 heterocycles. The number of nitrogens with zero attached hydrogens (tertiary/aromatic N) is 2. The summed E-state index contributed by atoms with van der Waals surface area (Å²) in [6, 6.07) is 3.78. The van der Waals surface area contributed by atoms with Gasteiger partial charge in [-0.1, -0.05) is 12.8 Å². The van der Waals surface area contributed by atoms with Crippen LogP contribution in [0.2, 0.25) is 0 Å². The molecule has 7 heteroatoms. The van der Waals surface area contributed by atoms with Crippen molar-refractivity contribution in [1.82, 2.24) is 4.90 Å². The summed E-state index contributed by atoms with van der Waals surface area (Å²) in [5.74, 6) is -0.420. The minimum Gasteiger partial charge on any atom is -0.398 e. The average Bonchev–Trinajstić information content (AvgIpc) is 2.84. The first-order chi connectivity index (χ1) is 9.82. The second-order valence-corrected chi connectivity index (χ2v) is 5.62. The Hall–Kier alpha value is -2.15. The number of aliphatic hydroxyl groups is 1. The zero-order chi connectivity index (χ0) is 15.6. The molecule has 7 nitrogen and oxygen atoms in total. The predicted octanol–water partition coefficient (Wildman–Crippen LogP) is 1.55. The van der Waals surface area contributed by atoms with Crippen molar-refractivity contribution < 1.29 is 14.8 Å². The van der Waals surface area contributed by atoms with Crippen molar-refractivity contribution in [3.05, 3.63) is 33.9 Å². The largest absolute Gasteiger partial charge is 0.398 e. The van der Waals surface area contributed by atoms with E-state index in [-0.39, 0.29) is 23.5 Å². The minimum absolute atomic E-state index is 0.0910. The summed E-state index contributed by atoms with van der Waals surface area (Å²) < 4.78 is 0. The standard InChI is InChI=1S/C14H19N3O4/c1-16(9-14(19)6-2-3-7-14)13(18)11-8-10(17(20)21)4-5-12(11)15/h4-5,8,19H,2-3,6-7,9,15H2,1H3. The van der Waals surface area contributed by atoms with E-state index in [1.165, 1.54) is 23.1 Å². The Balaban J connectivity index is 2.18. The van der Waals surface area contributed by atoms with E-state index in [1.807, 2.05) is 0 Å². The fourth-order valence-corrected chi connectivity index (χ4v) is 2.75. The zero-order valence-electron chi connectivity index (χ0n) is 11.9. The van der Waals surface area contributed by atoms with Crippen LogP contribution in [-0.4, -0.2) is 40.0 Å². The van der Waals surface area contributed by atoms with Crippen LogP contribution in [0.15, 0.2) is 18.2 Å². The molecule has 0 atom stereocenters. The topological polar surface area (TPSA) is 110 Å². The third kappa shape index (κ3) is 3.30. The molecule has 3 N–H and O–H groups in total. The van der Waals surface area contributed by atoms with Crippen LogP contribution in [0, 0.1) is 10.1 Å². The van der Waals surface area contributed by atoms with Gasteiger partial charge in [0.25, 0.3) is 11.6 Å². The van der Waals surface area contributed by atoms with Crippen molar-refractivity contribution in [3.8, 4) is 0 Å². The van der Waals surface area contributed by atoms with Crippen LogP contribution in [0.25, 0.3) is 0 Å². The van der Waals surface area contributed by atoms with Crippen molar-refractivity contribution in [2.24, 2.45) is 0 Å². The maximum Gasteiger partial charge on any atom is 0.270 e. The van der Waals surface area contributed by atoms with Gasteiger partial charge in [-0.05, 0) is 18.9 Å². The fraction of sp³-hybridized carbons (Fsp3) is 0.500. The van der Waals surface area contributed by atoms with E-state index in [1.54, 1.807) is 7.05 Å². The normalized spacial score (nSPS) is 16.7. The number of nitro groups is 1. The fourth-order valence-electron chi connectivity index (χ4n) is 2.75. The molecule has 0 aliphatic heterocycles. The van der Waals surface area contributed by atoms with Crippen molar-refractivity contribution >= 4 is 17.3 Å². The van der Waals surface area contributed by atoms with Gasteiger partial charge in [-0.15, -0.1) is 0 Å². The van der Waals surface area contributed by atoms with Crippen LogP contribution >= 0.6 is 0 Å². The number of hydrogen-bond acceptors (Lipinski definition) is 5. The first-order valence-electron chi connectivity index (χ1n) is 6.84. The Labute approximate surface area is 122 Å². The summed E-state index contributed by atoms with van der Waals surface area (Å²) in [6.45, 7) is 0.202. The van der Waals surface area contributed by atoms with Gasteiger partial charge in [0.1, 0.15) is 0 Å². The number of carbonyl (C=O) groups is 1. The lowest BCUT2D eigenvalue weighted by Crippen LogP contribution is -2.42. The second-order valence-electron chi connectivity index (χ2n) is 5.62. The Bertz CT molecular complexity index is 567. The summed E-state index contributed by atoms with van der Waals surface area (Å²) in [7, 11) is 1.57. The molecule has 1 aromatic carbocycles. The number of anilines is 1. The van der Waals surface area contributed by atoms with E-state index in [0.29, 0.717) is 12.8 Å². The van der Waals surface area contributed by atoms with Crippen molar-refractivity contribution in [2.75, 3.05) is 19.3 Å². The monoisotopic (exact) mass is 293 g/mol. The highest BCUT2D eigenvalue weighted by atomic mass is 16.6. The number of nitro benzene ring substituents is 1. The molecule has 21 heavy (non-hydrogen) atoms. The summed E-state index contributed by atoms with van der Waals surface area (Å²) in [5, 5.41) is 21.1. The molecule has 0 radical (unpaired) electrons. The molecular formula is C14H19N3O4. The molecule has 2 rings (SSSR count). The highest BCUT2D eigenvalue weighted by Gasteiger charge is 2.34. The Morgan fingerprint density at radius 3 is 2.67 bits per heavy atom. The van der Waals surface area contributed by atoms with Gasteiger partial charge in [0, 0.05) is 31.4 Å². The van der Waals surface area contributed by atoms with Gasteiger partial charge >= 0.3 is 0 Å². The second kappa shape index (κ2) is 5.69. The van der Waals surface area contributed by atoms with Crippen molar-refractivity contribution in [3.63, 3.8) is 0 Å². The van der Waals surface area contributed by atoms with E-state index < -0.39 is 16.4 Å². The smallest absolute Gasteiger partial charge is 0.270 e. The molecule has 0 bridgehead atoms. The minimum atomic E-state index is -0.861. The number of hydrogen-bond donors (Lipinski definition) is 2. The van der Waals surface area contributed by atoms with Crippen LogP contribution in [-0.2, 0) is 0 Å². The number of non-ortho nitro benzene ring substituents is 1. The van der Waals surface area contributed by atoms with Crippen LogP contribution in [0.4, 0.5) is 11.4 Å². The Morgan fingerprint density at radius 2 is 2.10 bits per heavy atom. The maximum atomic E-state index is 12.4. The summed E-state index contributed by atoms with van der Waals surface area (Å²) in [6.07, 6.45) is 3.21. The van der Waals surface area contributed by atoms with E-state index in [0.717, 1.165) is 12.8 Å². The Morgan fingerprint density at radius 1 is 1.48 bits per heavy atom. The number of benzene rings is 1. The van der Waals surface area contributed by atoms with E-state index >= 15 is 0 Å². The molecular weight excluding hydrogens is 274 g/mol. The number of carbonyl (C=O) groups excluding carboxylic acids is 1. The van der Waals surface area contributed by atoms with Gasteiger partial charge in [0.05, 0.1) is 16.1 Å². The summed E-state index contributed by atoms with van der Waals surface area (Å²) >= 11 is 0. The lowest BCUT2D eigenvalue weighted by Gasteiger charge is -2.28. The third-order valence-corrected chi connectivity index (χ3v) is 3.89. The lowest BCUT2D eigenvalue weighted by molar-refractivity contribution is -0.384. The number of nitrogens with two attached hydrogens (primary N) is 1. The number of amides is 1. The summed E-state index contributed by atoms with van der Waals surface area (Å²) in [5.41, 5.74) is 4.98. The summed E-state index contributed by atoms with van der Waals surface area (Å²) in [4.78, 5) is 24.0. The Kier molecular flexibility index (Phi) is 4.13. The van der Waals surface area contributed by atoms with Gasteiger partial charge in [-0.3, -0.25) is 14.9 Å². The van der Waals surface area contributed by atoms with Crippen molar-refractivity contribution in [1.29, 1.82) is 0 Å². The third-order valence-electron chi connectivity index (χ3n) is 3.89. The van der Waals surface area contributed by atoms with Crippen molar-refractivity contribution in [2.45, 2.75) is 31.3 Å². The van der Waals surface area contributed by atoms with Gasteiger partial charge < -0.3 is 15.7 Å². The molecule has 0 spiro atoms. The van der Waals surface area contributed by atoms with E-state index in [9.17, 15) is 20.0 Å². The zero-order valence-corrected chi connectivity index (χ0v) is 11.9. The van der Waals surface area contributed by atoms with Crippen LogP contribution in [0.1, 0.15) is 36.0 Å². The molecule has 1 saturated carbocycles. The molecule has 0 unspecified atom stereocenters. The van der Waals surface area contributed by atoms with Crippen LogP contribution < -0.4 is 5.73 Å². The first kappa shape index (κ1) is 15.2. The maximum absolute atomic E-state index is 12.4. The molecule has 1 fully saturated rings. The molecule has 1 aromatic rings. The van der Waals surface area contributed by atoms with Gasteiger partial charge in [-0.25, -0.2) is 0 Å². The van der Waals surface area contributed by atoms with E-state index in [2.05, 4.69) is 0 Å². The SMILES string of the molecule is CN(CC1(O)CCCC1)C(=O)c1cc([N+](=O)[O-])ccc1N. The van der Waals surface area contributed by atoms with Gasteiger partial charge in [0.2, 0.25) is 0 Å². The van der Waals surface area contributed by atoms with Crippen LogP contribution in [0.5, 0.6) is 0 Å².